The van der Waals surface area contributed by atoms with E-state index in [1.54, 1.807) is 12.1 Å². The Morgan fingerprint density at radius 3 is 2.78 bits per heavy atom. The van der Waals surface area contributed by atoms with Gasteiger partial charge in [0.25, 0.3) is 0 Å². The highest BCUT2D eigenvalue weighted by atomic mass is 32.1. The van der Waals surface area contributed by atoms with Gasteiger partial charge in [0.1, 0.15) is 5.82 Å². The molecule has 0 amide bonds. The van der Waals surface area contributed by atoms with Crippen molar-refractivity contribution < 1.29 is 9.13 Å². The van der Waals surface area contributed by atoms with Gasteiger partial charge in [0, 0.05) is 42.0 Å². The summed E-state index contributed by atoms with van der Waals surface area (Å²) in [6, 6.07) is 11.4. The predicted octanol–water partition coefficient (Wildman–Crippen LogP) is 3.36. The second-order valence-electron chi connectivity index (χ2n) is 5.86. The van der Waals surface area contributed by atoms with Gasteiger partial charge >= 0.3 is 0 Å². The van der Waals surface area contributed by atoms with Crippen molar-refractivity contribution in [2.75, 3.05) is 32.8 Å². The molecule has 0 bridgehead atoms. The van der Waals surface area contributed by atoms with E-state index in [1.165, 1.54) is 15.8 Å². The third kappa shape index (κ3) is 4.61. The number of ether oxygens (including phenoxy) is 1. The standard InChI is InChI=1S/C18H23FN2OS/c1-14-5-6-17(23-14)12-20-13-18(21-7-9-22-10-8-21)15-3-2-4-16(19)11-15/h2-6,11,18,20H,7-10,12-13H2,1H3. The van der Waals surface area contributed by atoms with Crippen LogP contribution in [0.4, 0.5) is 4.39 Å². The fourth-order valence-electron chi connectivity index (χ4n) is 2.97. The van der Waals surface area contributed by atoms with Gasteiger partial charge in [0.15, 0.2) is 0 Å². The van der Waals surface area contributed by atoms with Crippen LogP contribution < -0.4 is 5.32 Å². The summed E-state index contributed by atoms with van der Waals surface area (Å²) >= 11 is 1.82. The van der Waals surface area contributed by atoms with Crippen molar-refractivity contribution in [3.05, 3.63) is 57.5 Å². The average molecular weight is 334 g/mol. The molecule has 1 unspecified atom stereocenters. The maximum absolute atomic E-state index is 13.6. The molecule has 1 aromatic heterocycles. The Kier molecular flexibility index (Phi) is 5.78. The maximum atomic E-state index is 13.6. The minimum atomic E-state index is -0.172. The first-order valence-electron chi connectivity index (χ1n) is 8.05. The van der Waals surface area contributed by atoms with Crippen molar-refractivity contribution in [1.82, 2.24) is 10.2 Å². The van der Waals surface area contributed by atoms with Gasteiger partial charge in [-0.3, -0.25) is 4.90 Å². The number of morpholine rings is 1. The van der Waals surface area contributed by atoms with Gasteiger partial charge in [-0.2, -0.15) is 0 Å². The first-order valence-corrected chi connectivity index (χ1v) is 8.87. The van der Waals surface area contributed by atoms with E-state index in [0.29, 0.717) is 0 Å². The third-order valence-corrected chi connectivity index (χ3v) is 5.15. The van der Waals surface area contributed by atoms with Gasteiger partial charge in [-0.1, -0.05) is 12.1 Å². The Labute approximate surface area is 141 Å². The van der Waals surface area contributed by atoms with Gasteiger partial charge in [0.2, 0.25) is 0 Å². The lowest BCUT2D eigenvalue weighted by Gasteiger charge is -2.35. The number of nitrogens with one attached hydrogen (secondary N) is 1. The van der Waals surface area contributed by atoms with E-state index in [4.69, 9.17) is 4.74 Å². The molecule has 23 heavy (non-hydrogen) atoms. The molecule has 124 valence electrons. The molecular formula is C18H23FN2OS. The van der Waals surface area contributed by atoms with Crippen molar-refractivity contribution in [2.24, 2.45) is 0 Å². The van der Waals surface area contributed by atoms with E-state index < -0.39 is 0 Å². The molecule has 0 aliphatic carbocycles. The molecule has 1 aliphatic rings. The summed E-state index contributed by atoms with van der Waals surface area (Å²) < 4.78 is 19.1. The molecule has 1 saturated heterocycles. The van der Waals surface area contributed by atoms with Crippen LogP contribution >= 0.6 is 11.3 Å². The summed E-state index contributed by atoms with van der Waals surface area (Å²) in [6.45, 7) is 7.06. The normalized spacial score (nSPS) is 17.3. The zero-order valence-electron chi connectivity index (χ0n) is 13.4. The minimum absolute atomic E-state index is 0.172. The van der Waals surface area contributed by atoms with Gasteiger partial charge in [-0.05, 0) is 36.8 Å². The highest BCUT2D eigenvalue weighted by Gasteiger charge is 2.22. The summed E-state index contributed by atoms with van der Waals surface area (Å²) in [5.74, 6) is -0.172. The molecule has 1 aliphatic heterocycles. The lowest BCUT2D eigenvalue weighted by molar-refractivity contribution is 0.0160. The van der Waals surface area contributed by atoms with Crippen LogP contribution in [0.2, 0.25) is 0 Å². The Morgan fingerprint density at radius 2 is 2.09 bits per heavy atom. The zero-order chi connectivity index (χ0) is 16.1. The van der Waals surface area contributed by atoms with Crippen LogP contribution in [-0.4, -0.2) is 37.7 Å². The van der Waals surface area contributed by atoms with E-state index in [-0.39, 0.29) is 11.9 Å². The number of nitrogens with zero attached hydrogens (tertiary/aromatic N) is 1. The van der Waals surface area contributed by atoms with Crippen LogP contribution in [-0.2, 0) is 11.3 Å². The van der Waals surface area contributed by atoms with E-state index in [9.17, 15) is 4.39 Å². The number of benzene rings is 1. The number of hydrogen-bond donors (Lipinski definition) is 1. The Hall–Kier alpha value is -1.27. The molecule has 1 fully saturated rings. The molecule has 5 heteroatoms. The van der Waals surface area contributed by atoms with Crippen molar-refractivity contribution in [2.45, 2.75) is 19.5 Å². The molecule has 2 heterocycles. The van der Waals surface area contributed by atoms with Gasteiger partial charge in [-0.25, -0.2) is 4.39 Å². The number of hydrogen-bond acceptors (Lipinski definition) is 4. The van der Waals surface area contributed by atoms with Crippen LogP contribution in [0, 0.1) is 12.7 Å². The molecule has 1 N–H and O–H groups in total. The molecule has 2 aromatic rings. The van der Waals surface area contributed by atoms with E-state index in [2.05, 4.69) is 29.3 Å². The number of halogens is 1. The van der Waals surface area contributed by atoms with Gasteiger partial charge in [-0.15, -0.1) is 11.3 Å². The minimum Gasteiger partial charge on any atom is -0.379 e. The Morgan fingerprint density at radius 1 is 1.26 bits per heavy atom. The van der Waals surface area contributed by atoms with Crippen LogP contribution in [0.15, 0.2) is 36.4 Å². The third-order valence-electron chi connectivity index (χ3n) is 4.15. The Balaban J connectivity index is 1.67. The highest BCUT2D eigenvalue weighted by molar-refractivity contribution is 7.11. The molecule has 3 nitrogen and oxygen atoms in total. The SMILES string of the molecule is Cc1ccc(CNCC(c2cccc(F)c2)N2CCOCC2)s1. The van der Waals surface area contributed by atoms with E-state index >= 15 is 0 Å². The van der Waals surface area contributed by atoms with E-state index in [0.717, 1.165) is 45.0 Å². The molecule has 1 atom stereocenters. The summed E-state index contributed by atoms with van der Waals surface area (Å²) in [6.07, 6.45) is 0. The molecule has 0 radical (unpaired) electrons. The second kappa shape index (κ2) is 8.02. The smallest absolute Gasteiger partial charge is 0.123 e. The van der Waals surface area contributed by atoms with Crippen LogP contribution in [0.25, 0.3) is 0 Å². The molecule has 1 aromatic carbocycles. The van der Waals surface area contributed by atoms with E-state index in [1.807, 2.05) is 17.4 Å². The van der Waals surface area contributed by atoms with Crippen LogP contribution in [0.3, 0.4) is 0 Å². The molecule has 0 saturated carbocycles. The number of rotatable bonds is 6. The summed E-state index contributed by atoms with van der Waals surface area (Å²) in [4.78, 5) is 5.05. The number of thiophene rings is 1. The zero-order valence-corrected chi connectivity index (χ0v) is 14.2. The Bertz CT molecular complexity index is 625. The van der Waals surface area contributed by atoms with Gasteiger partial charge < -0.3 is 10.1 Å². The highest BCUT2D eigenvalue weighted by Crippen LogP contribution is 2.22. The van der Waals surface area contributed by atoms with Crippen molar-refractivity contribution in [3.63, 3.8) is 0 Å². The first-order chi connectivity index (χ1) is 11.2. The molecule has 3 rings (SSSR count). The fraction of sp³-hybridized carbons (Fsp3) is 0.444. The monoisotopic (exact) mass is 334 g/mol. The average Bonchev–Trinajstić information content (AvgIpc) is 2.98. The lowest BCUT2D eigenvalue weighted by atomic mass is 10.0. The summed E-state index contributed by atoms with van der Waals surface area (Å²) in [5, 5.41) is 3.54. The summed E-state index contributed by atoms with van der Waals surface area (Å²) in [7, 11) is 0. The van der Waals surface area contributed by atoms with Crippen molar-refractivity contribution in [3.8, 4) is 0 Å². The first kappa shape index (κ1) is 16.6. The topological polar surface area (TPSA) is 24.5 Å². The fourth-order valence-corrected chi connectivity index (χ4v) is 3.83. The summed E-state index contributed by atoms with van der Waals surface area (Å²) in [5.41, 5.74) is 1.03. The van der Waals surface area contributed by atoms with Gasteiger partial charge in [0.05, 0.1) is 13.2 Å². The van der Waals surface area contributed by atoms with Crippen molar-refractivity contribution >= 4 is 11.3 Å². The quantitative estimate of drug-likeness (QED) is 0.877. The number of aryl methyl sites for hydroxylation is 1. The van der Waals surface area contributed by atoms with Crippen LogP contribution in [0.1, 0.15) is 21.4 Å². The largest absolute Gasteiger partial charge is 0.379 e. The molecular weight excluding hydrogens is 311 g/mol. The lowest BCUT2D eigenvalue weighted by Crippen LogP contribution is -2.42. The van der Waals surface area contributed by atoms with Crippen molar-refractivity contribution in [1.29, 1.82) is 0 Å². The second-order valence-corrected chi connectivity index (χ2v) is 7.23. The molecule has 0 spiro atoms. The van der Waals surface area contributed by atoms with Crippen LogP contribution in [0.5, 0.6) is 0 Å². The maximum Gasteiger partial charge on any atom is 0.123 e. The predicted molar refractivity (Wildman–Crippen MR) is 92.3 cm³/mol.